The van der Waals surface area contributed by atoms with E-state index < -0.39 is 10.0 Å². The summed E-state index contributed by atoms with van der Waals surface area (Å²) >= 11 is 0. The van der Waals surface area contributed by atoms with Crippen LogP contribution in [0.25, 0.3) is 0 Å². The van der Waals surface area contributed by atoms with Crippen molar-refractivity contribution in [2.45, 2.75) is 25.4 Å². The number of aromatic nitrogens is 1. The van der Waals surface area contributed by atoms with Gasteiger partial charge in [0.1, 0.15) is 0 Å². The summed E-state index contributed by atoms with van der Waals surface area (Å²) in [6.45, 7) is 4.14. The van der Waals surface area contributed by atoms with Gasteiger partial charge in [-0.3, -0.25) is 4.72 Å². The smallest absolute Gasteiger partial charge is 0.279 e. The maximum atomic E-state index is 12.3. The van der Waals surface area contributed by atoms with Crippen molar-refractivity contribution in [3.8, 4) is 0 Å². The molecule has 20 heavy (non-hydrogen) atoms. The number of benzene rings is 1. The van der Waals surface area contributed by atoms with Crippen molar-refractivity contribution in [1.82, 2.24) is 4.98 Å². The number of anilines is 1. The fourth-order valence-corrected chi connectivity index (χ4v) is 2.80. The Bertz CT molecular complexity index is 710. The monoisotopic (exact) mass is 291 g/mol. The molecule has 1 aromatic carbocycles. The van der Waals surface area contributed by atoms with Gasteiger partial charge in [0.05, 0.1) is 5.69 Å². The summed E-state index contributed by atoms with van der Waals surface area (Å²) < 4.78 is 27.1. The lowest BCUT2D eigenvalue weighted by molar-refractivity contribution is 0.597. The molecule has 0 fully saturated rings. The largest absolute Gasteiger partial charge is 0.326 e. The van der Waals surface area contributed by atoms with Crippen LogP contribution in [0.4, 0.5) is 5.69 Å². The third-order valence-electron chi connectivity index (χ3n) is 3.16. The first-order valence-electron chi connectivity index (χ1n) is 6.18. The van der Waals surface area contributed by atoms with Crippen molar-refractivity contribution < 1.29 is 8.42 Å². The molecule has 2 aromatic rings. The highest BCUT2D eigenvalue weighted by molar-refractivity contribution is 7.92. The summed E-state index contributed by atoms with van der Waals surface area (Å²) in [7, 11) is -3.68. The van der Waals surface area contributed by atoms with E-state index in [1.165, 1.54) is 12.3 Å². The minimum absolute atomic E-state index is 0.0180. The normalized spacial score (nSPS) is 11.3. The SMILES string of the molecule is Cc1cccc(NS(=O)(=O)c2ccc(CN)cn2)c1C. The quantitative estimate of drug-likeness (QED) is 0.901. The van der Waals surface area contributed by atoms with Crippen LogP contribution in [-0.4, -0.2) is 13.4 Å². The maximum Gasteiger partial charge on any atom is 0.279 e. The average molecular weight is 291 g/mol. The van der Waals surface area contributed by atoms with E-state index in [0.717, 1.165) is 16.7 Å². The number of nitrogens with zero attached hydrogens (tertiary/aromatic N) is 1. The van der Waals surface area contributed by atoms with Crippen LogP contribution in [0.3, 0.4) is 0 Å². The van der Waals surface area contributed by atoms with Crippen molar-refractivity contribution >= 4 is 15.7 Å². The lowest BCUT2D eigenvalue weighted by atomic mass is 10.1. The molecule has 6 heteroatoms. The summed E-state index contributed by atoms with van der Waals surface area (Å²) in [5.74, 6) is 0. The Kier molecular flexibility index (Phi) is 4.06. The Morgan fingerprint density at radius 1 is 1.20 bits per heavy atom. The second-order valence-electron chi connectivity index (χ2n) is 4.56. The zero-order chi connectivity index (χ0) is 14.8. The number of nitrogens with one attached hydrogen (secondary N) is 1. The van der Waals surface area contributed by atoms with Crippen LogP contribution in [0.1, 0.15) is 16.7 Å². The molecule has 2 rings (SSSR count). The molecule has 5 nitrogen and oxygen atoms in total. The number of rotatable bonds is 4. The van der Waals surface area contributed by atoms with Crippen LogP contribution < -0.4 is 10.5 Å². The predicted octanol–water partition coefficient (Wildman–Crippen LogP) is 1.96. The van der Waals surface area contributed by atoms with Gasteiger partial charge in [-0.1, -0.05) is 18.2 Å². The van der Waals surface area contributed by atoms with E-state index >= 15 is 0 Å². The number of sulfonamides is 1. The van der Waals surface area contributed by atoms with Crippen LogP contribution in [0.5, 0.6) is 0 Å². The average Bonchev–Trinajstić information content (AvgIpc) is 2.44. The van der Waals surface area contributed by atoms with Gasteiger partial charge < -0.3 is 5.73 Å². The molecule has 0 aliphatic carbocycles. The molecular formula is C14H17N3O2S. The molecule has 0 aliphatic rings. The lowest BCUT2D eigenvalue weighted by Crippen LogP contribution is -2.15. The van der Waals surface area contributed by atoms with Gasteiger partial charge in [0.25, 0.3) is 10.0 Å². The number of pyridine rings is 1. The lowest BCUT2D eigenvalue weighted by Gasteiger charge is -2.11. The first kappa shape index (κ1) is 14.5. The third kappa shape index (κ3) is 2.97. The predicted molar refractivity (Wildman–Crippen MR) is 78.9 cm³/mol. The molecule has 106 valence electrons. The second kappa shape index (κ2) is 5.60. The number of aryl methyl sites for hydroxylation is 1. The third-order valence-corrected chi connectivity index (χ3v) is 4.44. The van der Waals surface area contributed by atoms with E-state index in [1.54, 1.807) is 12.1 Å². The first-order chi connectivity index (χ1) is 9.44. The zero-order valence-electron chi connectivity index (χ0n) is 11.4. The van der Waals surface area contributed by atoms with Crippen molar-refractivity contribution in [1.29, 1.82) is 0 Å². The molecule has 0 saturated heterocycles. The Morgan fingerprint density at radius 3 is 2.55 bits per heavy atom. The van der Waals surface area contributed by atoms with Crippen LogP contribution in [0.15, 0.2) is 41.6 Å². The topological polar surface area (TPSA) is 85.1 Å². The van der Waals surface area contributed by atoms with Gasteiger partial charge in [0.15, 0.2) is 5.03 Å². The van der Waals surface area contributed by atoms with E-state index in [4.69, 9.17) is 5.73 Å². The molecule has 0 saturated carbocycles. The van der Waals surface area contributed by atoms with Gasteiger partial charge in [0, 0.05) is 12.7 Å². The minimum atomic E-state index is -3.68. The van der Waals surface area contributed by atoms with E-state index in [0.29, 0.717) is 12.2 Å². The fourth-order valence-electron chi connectivity index (χ4n) is 1.75. The molecule has 0 radical (unpaired) electrons. The summed E-state index contributed by atoms with van der Waals surface area (Å²) in [4.78, 5) is 3.94. The highest BCUT2D eigenvalue weighted by atomic mass is 32.2. The molecule has 3 N–H and O–H groups in total. The van der Waals surface area contributed by atoms with E-state index in [2.05, 4.69) is 9.71 Å². The Balaban J connectivity index is 2.33. The van der Waals surface area contributed by atoms with E-state index in [1.807, 2.05) is 26.0 Å². The van der Waals surface area contributed by atoms with Crippen LogP contribution >= 0.6 is 0 Å². The number of hydrogen-bond acceptors (Lipinski definition) is 4. The summed E-state index contributed by atoms with van der Waals surface area (Å²) in [5, 5.41) is -0.0180. The van der Waals surface area contributed by atoms with Crippen LogP contribution in [0, 0.1) is 13.8 Å². The van der Waals surface area contributed by atoms with E-state index in [9.17, 15) is 8.42 Å². The highest BCUT2D eigenvalue weighted by Gasteiger charge is 2.16. The Labute approximate surface area is 118 Å². The van der Waals surface area contributed by atoms with Gasteiger partial charge in [-0.2, -0.15) is 8.42 Å². The summed E-state index contributed by atoms with van der Waals surface area (Å²) in [6, 6.07) is 8.58. The molecule has 0 unspecified atom stereocenters. The fraction of sp³-hybridized carbons (Fsp3) is 0.214. The van der Waals surface area contributed by atoms with Crippen molar-refractivity contribution in [2.75, 3.05) is 4.72 Å². The molecule has 0 amide bonds. The molecule has 0 atom stereocenters. The van der Waals surface area contributed by atoms with Crippen molar-refractivity contribution in [2.24, 2.45) is 5.73 Å². The van der Waals surface area contributed by atoms with Gasteiger partial charge in [-0.25, -0.2) is 4.98 Å². The molecule has 0 spiro atoms. The van der Waals surface area contributed by atoms with Gasteiger partial charge >= 0.3 is 0 Å². The maximum absolute atomic E-state index is 12.3. The second-order valence-corrected chi connectivity index (χ2v) is 6.19. The molecule has 0 bridgehead atoms. The first-order valence-corrected chi connectivity index (χ1v) is 7.66. The zero-order valence-corrected chi connectivity index (χ0v) is 12.2. The standard InChI is InChI=1S/C14H17N3O2S/c1-10-4-3-5-13(11(10)2)17-20(18,19)14-7-6-12(8-15)9-16-14/h3-7,9,17H,8,15H2,1-2H3. The van der Waals surface area contributed by atoms with Crippen LogP contribution in [0.2, 0.25) is 0 Å². The molecule has 1 heterocycles. The minimum Gasteiger partial charge on any atom is -0.326 e. The molecule has 1 aromatic heterocycles. The summed E-state index contributed by atoms with van der Waals surface area (Å²) in [5.41, 5.74) is 8.74. The van der Waals surface area contributed by atoms with Crippen molar-refractivity contribution in [3.05, 3.63) is 53.2 Å². The number of nitrogens with two attached hydrogens (primary N) is 1. The Hall–Kier alpha value is -1.92. The van der Waals surface area contributed by atoms with Crippen LogP contribution in [-0.2, 0) is 16.6 Å². The number of hydrogen-bond donors (Lipinski definition) is 2. The van der Waals surface area contributed by atoms with E-state index in [-0.39, 0.29) is 5.03 Å². The Morgan fingerprint density at radius 2 is 1.95 bits per heavy atom. The highest BCUT2D eigenvalue weighted by Crippen LogP contribution is 2.21. The van der Waals surface area contributed by atoms with Gasteiger partial charge in [-0.15, -0.1) is 0 Å². The molecule has 0 aliphatic heterocycles. The van der Waals surface area contributed by atoms with Crippen molar-refractivity contribution in [3.63, 3.8) is 0 Å². The van der Waals surface area contributed by atoms with Gasteiger partial charge in [-0.05, 0) is 42.7 Å². The molecular weight excluding hydrogens is 274 g/mol. The van der Waals surface area contributed by atoms with Gasteiger partial charge in [0.2, 0.25) is 0 Å². The summed E-state index contributed by atoms with van der Waals surface area (Å²) in [6.07, 6.45) is 1.47.